The fraction of sp³-hybridized carbons (Fsp3) is 0.125. The number of aromatic amines is 1. The molecule has 2 heterocycles. The molecule has 0 aliphatic rings. The first-order chi connectivity index (χ1) is 11.7. The van der Waals surface area contributed by atoms with Crippen molar-refractivity contribution in [3.8, 4) is 0 Å². The largest absolute Gasteiger partial charge is 0.296 e. The summed E-state index contributed by atoms with van der Waals surface area (Å²) in [4.78, 5) is 20.2. The predicted molar refractivity (Wildman–Crippen MR) is 84.2 cm³/mol. The van der Waals surface area contributed by atoms with Gasteiger partial charge in [-0.3, -0.25) is 23.8 Å². The molecule has 1 N–H and O–H groups in total. The maximum Gasteiger partial charge on any atom is 0.170 e. The van der Waals surface area contributed by atoms with E-state index in [1.807, 2.05) is 30.3 Å². The predicted octanol–water partition coefficient (Wildman–Crippen LogP) is 2.55. The van der Waals surface area contributed by atoms with Crippen molar-refractivity contribution in [3.05, 3.63) is 71.8 Å². The number of alkyl halides is 1. The molecule has 2 aromatic heterocycles. The maximum atomic E-state index is 10.4. The highest BCUT2D eigenvalue weighted by molar-refractivity contribution is 5.71. The van der Waals surface area contributed by atoms with Crippen molar-refractivity contribution in [2.24, 2.45) is 0 Å². The lowest BCUT2D eigenvalue weighted by Crippen LogP contribution is -2.00. The van der Waals surface area contributed by atoms with Crippen LogP contribution in [0.25, 0.3) is 0 Å². The summed E-state index contributed by atoms with van der Waals surface area (Å²) in [5, 5.41) is 10.1. The summed E-state index contributed by atoms with van der Waals surface area (Å²) >= 11 is 0. The Morgan fingerprint density at radius 2 is 1.96 bits per heavy atom. The molecule has 0 saturated carbocycles. The van der Waals surface area contributed by atoms with Gasteiger partial charge in [-0.1, -0.05) is 30.3 Å². The van der Waals surface area contributed by atoms with E-state index < -0.39 is 7.15 Å². The molecule has 6 nitrogen and oxygen atoms in total. The number of nitrogens with zero attached hydrogens (tertiary/aromatic N) is 3. The lowest BCUT2D eigenvalue weighted by Gasteiger charge is -2.00. The van der Waals surface area contributed by atoms with Gasteiger partial charge in [-0.15, -0.1) is 0 Å². The molecule has 0 spiro atoms. The molecule has 0 atom stereocenters. The fourth-order valence-electron chi connectivity index (χ4n) is 1.63. The van der Waals surface area contributed by atoms with Crippen LogP contribution >= 0.6 is 0 Å². The number of benzene rings is 1. The summed E-state index contributed by atoms with van der Waals surface area (Å²) in [5.41, 5.74) is 2.16. The summed E-state index contributed by atoms with van der Waals surface area (Å²) in [7, 11) is -1.00. The highest BCUT2D eigenvalue weighted by Crippen LogP contribution is 2.01. The Kier molecular flexibility index (Phi) is 7.51. The highest BCUT2D eigenvalue weighted by atomic mass is 19.1. The number of carbonyl (C=O) groups excluding carboxylic acids is 2. The van der Waals surface area contributed by atoms with Gasteiger partial charge in [0.2, 0.25) is 0 Å². The molecule has 0 aliphatic heterocycles. The second-order valence-corrected chi connectivity index (χ2v) is 4.17. The Bertz CT molecular complexity index is 702. The van der Waals surface area contributed by atoms with Crippen LogP contribution in [-0.2, 0) is 6.54 Å². The molecule has 23 heavy (non-hydrogen) atoms. The van der Waals surface area contributed by atoms with E-state index in [-0.39, 0.29) is 0 Å². The van der Waals surface area contributed by atoms with Crippen LogP contribution in [0, 0.1) is 0 Å². The van der Waals surface area contributed by atoms with E-state index in [0.717, 1.165) is 6.29 Å². The van der Waals surface area contributed by atoms with Crippen LogP contribution in [0.15, 0.2) is 54.9 Å². The van der Waals surface area contributed by atoms with Crippen molar-refractivity contribution in [3.63, 3.8) is 0 Å². The topological polar surface area (TPSA) is 80.6 Å². The molecule has 120 valence electrons. The first kappa shape index (κ1) is 16.3. The smallest absolute Gasteiger partial charge is 0.170 e. The zero-order chi connectivity index (χ0) is 17.6. The number of carbonyl (C=O) groups is 2. The molecular weight excluding hydrogens is 299 g/mol. The molecule has 0 bridgehead atoms. The summed E-state index contributed by atoms with van der Waals surface area (Å²) in [5.74, 6) is 0. The normalized spacial score (nSPS) is 9.52. The monoisotopic (exact) mass is 317 g/mol. The van der Waals surface area contributed by atoms with Gasteiger partial charge >= 0.3 is 0 Å². The molecule has 0 aliphatic carbocycles. The van der Waals surface area contributed by atoms with Crippen LogP contribution in [0.5, 0.6) is 0 Å². The van der Waals surface area contributed by atoms with Crippen LogP contribution in [0.1, 0.15) is 27.9 Å². The van der Waals surface area contributed by atoms with E-state index in [9.17, 15) is 14.0 Å². The Labute approximate surface area is 134 Å². The zero-order valence-electron chi connectivity index (χ0n) is 13.3. The lowest BCUT2D eigenvalue weighted by molar-refractivity contribution is 0.111. The fourth-order valence-corrected chi connectivity index (χ4v) is 1.63. The standard InChI is InChI=1S/C11H10N2O.C4H4N2O.CH3F/c14-9-11-6-7-13(12-11)8-10-4-2-1-3-5-10;7-3-4-1-2-5-6-4;1-2/h1-7,9H,8H2;1-3H,(H,5,6);1H3/i;;1D. The van der Waals surface area contributed by atoms with Crippen molar-refractivity contribution in [1.29, 1.82) is 0 Å². The average molecular weight is 317 g/mol. The van der Waals surface area contributed by atoms with Crippen molar-refractivity contribution < 1.29 is 15.4 Å². The van der Waals surface area contributed by atoms with Gasteiger partial charge in [0, 0.05) is 12.4 Å². The van der Waals surface area contributed by atoms with E-state index in [2.05, 4.69) is 15.3 Å². The van der Waals surface area contributed by atoms with Crippen LogP contribution in [0.4, 0.5) is 4.39 Å². The second kappa shape index (κ2) is 10.6. The third-order valence-electron chi connectivity index (χ3n) is 2.62. The maximum absolute atomic E-state index is 10.4. The van der Waals surface area contributed by atoms with Crippen molar-refractivity contribution >= 4 is 12.6 Å². The molecule has 3 aromatic rings. The molecule has 7 heteroatoms. The number of aldehydes is 2. The average Bonchev–Trinajstić information content (AvgIpc) is 3.28. The van der Waals surface area contributed by atoms with Crippen LogP contribution < -0.4 is 0 Å². The van der Waals surface area contributed by atoms with Gasteiger partial charge in [0.05, 0.1) is 20.8 Å². The Hall–Kier alpha value is -3.09. The third-order valence-corrected chi connectivity index (χ3v) is 2.62. The van der Waals surface area contributed by atoms with E-state index in [1.165, 1.54) is 11.8 Å². The molecule has 0 amide bonds. The van der Waals surface area contributed by atoms with Crippen molar-refractivity contribution in [2.75, 3.05) is 7.15 Å². The minimum Gasteiger partial charge on any atom is -0.296 e. The molecule has 0 saturated heterocycles. The van der Waals surface area contributed by atoms with E-state index in [0.29, 0.717) is 24.2 Å². The summed E-state index contributed by atoms with van der Waals surface area (Å²) in [6, 6.07) is 13.3. The molecular formula is C16H17FN4O2. The van der Waals surface area contributed by atoms with Crippen molar-refractivity contribution in [1.82, 2.24) is 20.0 Å². The minimum absolute atomic E-state index is 0.473. The van der Waals surface area contributed by atoms with E-state index in [1.54, 1.807) is 23.0 Å². The number of nitrogens with one attached hydrogen (secondary N) is 1. The number of rotatable bonds is 4. The third kappa shape index (κ3) is 6.47. The number of aromatic nitrogens is 4. The van der Waals surface area contributed by atoms with Gasteiger partial charge in [-0.2, -0.15) is 10.2 Å². The first-order valence-corrected chi connectivity index (χ1v) is 6.55. The highest BCUT2D eigenvalue weighted by Gasteiger charge is 1.97. The van der Waals surface area contributed by atoms with Crippen LogP contribution in [-0.4, -0.2) is 39.7 Å². The number of H-pyrrole nitrogens is 1. The molecule has 0 radical (unpaired) electrons. The van der Waals surface area contributed by atoms with Crippen LogP contribution in [0.2, 0.25) is 0 Å². The molecule has 1 aromatic carbocycles. The van der Waals surface area contributed by atoms with Gasteiger partial charge in [0.15, 0.2) is 12.6 Å². The van der Waals surface area contributed by atoms with Gasteiger partial charge < -0.3 is 0 Å². The van der Waals surface area contributed by atoms with Crippen molar-refractivity contribution in [2.45, 2.75) is 6.54 Å². The van der Waals surface area contributed by atoms with Gasteiger partial charge in [0.25, 0.3) is 0 Å². The van der Waals surface area contributed by atoms with Crippen LogP contribution in [0.3, 0.4) is 0 Å². The number of halogens is 1. The molecule has 0 fully saturated rings. The van der Waals surface area contributed by atoms with E-state index in [4.69, 9.17) is 1.37 Å². The van der Waals surface area contributed by atoms with Gasteiger partial charge in [-0.05, 0) is 17.7 Å². The Morgan fingerprint density at radius 3 is 2.43 bits per heavy atom. The number of hydrogen-bond acceptors (Lipinski definition) is 4. The summed E-state index contributed by atoms with van der Waals surface area (Å²) in [6.07, 6.45) is 4.80. The zero-order valence-corrected chi connectivity index (χ0v) is 12.3. The van der Waals surface area contributed by atoms with Gasteiger partial charge in [0.1, 0.15) is 5.69 Å². The summed E-state index contributed by atoms with van der Waals surface area (Å²) < 4.78 is 17.2. The Balaban J connectivity index is 0.000000241. The second-order valence-electron chi connectivity index (χ2n) is 4.17. The molecule has 3 rings (SSSR count). The number of hydrogen-bond donors (Lipinski definition) is 1. The quantitative estimate of drug-likeness (QED) is 0.750. The summed E-state index contributed by atoms with van der Waals surface area (Å²) in [6.45, 7) is 0.703. The first-order valence-electron chi connectivity index (χ1n) is 7.26. The molecule has 0 unspecified atom stereocenters. The minimum atomic E-state index is -1.00. The lowest BCUT2D eigenvalue weighted by atomic mass is 10.2. The Morgan fingerprint density at radius 1 is 1.22 bits per heavy atom. The SMILES string of the molecule is O=Cc1ccn(Cc2ccccc2)n1.O=Cc1ccn[nH]1.[2H]CF. The van der Waals surface area contributed by atoms with Gasteiger partial charge in [-0.25, -0.2) is 0 Å². The van der Waals surface area contributed by atoms with E-state index >= 15 is 0 Å².